The Bertz CT molecular complexity index is 1140. The number of fused-ring (bicyclic) bond motifs is 1. The first-order chi connectivity index (χ1) is 15.8. The lowest BCUT2D eigenvalue weighted by Gasteiger charge is -2.28. The number of carbonyl (C=O) groups excluding carboxylic acids is 2. The number of nitrogens with zero attached hydrogens (tertiary/aromatic N) is 3. The van der Waals surface area contributed by atoms with Crippen LogP contribution in [0.1, 0.15) is 41.2 Å². The van der Waals surface area contributed by atoms with Crippen molar-refractivity contribution in [3.05, 3.63) is 40.8 Å². The number of carboxylic acid groups (broad SMARTS) is 1. The van der Waals surface area contributed by atoms with Crippen LogP contribution in [0.5, 0.6) is 0 Å². The number of halogens is 1. The van der Waals surface area contributed by atoms with Gasteiger partial charge >= 0.3 is 0 Å². The summed E-state index contributed by atoms with van der Waals surface area (Å²) in [4.78, 5) is 33.5. The molecule has 2 amide bonds. The Labute approximate surface area is 193 Å². The summed E-state index contributed by atoms with van der Waals surface area (Å²) in [5.41, 5.74) is 6.84. The van der Waals surface area contributed by atoms with E-state index in [9.17, 15) is 14.0 Å². The van der Waals surface area contributed by atoms with E-state index in [0.717, 1.165) is 18.4 Å². The van der Waals surface area contributed by atoms with E-state index in [1.54, 1.807) is 23.7 Å². The van der Waals surface area contributed by atoms with Crippen LogP contribution in [-0.2, 0) is 23.2 Å². The Balaban J connectivity index is 0.000000968. The van der Waals surface area contributed by atoms with Crippen LogP contribution in [0, 0.1) is 11.7 Å². The van der Waals surface area contributed by atoms with Crippen molar-refractivity contribution in [3.63, 3.8) is 0 Å². The fourth-order valence-electron chi connectivity index (χ4n) is 3.94. The monoisotopic (exact) mass is 476 g/mol. The van der Waals surface area contributed by atoms with Gasteiger partial charge in [-0.3, -0.25) is 14.4 Å². The van der Waals surface area contributed by atoms with Crippen LogP contribution in [0.2, 0.25) is 0 Å². The molecule has 2 heterocycles. The van der Waals surface area contributed by atoms with Crippen molar-refractivity contribution in [1.29, 1.82) is 0 Å². The highest BCUT2D eigenvalue weighted by Gasteiger charge is 2.28. The van der Waals surface area contributed by atoms with E-state index in [1.165, 1.54) is 23.5 Å². The van der Waals surface area contributed by atoms with Gasteiger partial charge in [0.15, 0.2) is 0 Å². The van der Waals surface area contributed by atoms with Gasteiger partial charge in [0.1, 0.15) is 16.5 Å². The van der Waals surface area contributed by atoms with E-state index in [1.807, 2.05) is 0 Å². The Morgan fingerprint density at radius 3 is 2.61 bits per heavy atom. The molecule has 2 aromatic heterocycles. The van der Waals surface area contributed by atoms with Gasteiger partial charge in [-0.05, 0) is 49.9 Å². The Kier molecular flexibility index (Phi) is 7.93. The Morgan fingerprint density at radius 1 is 1.27 bits per heavy atom. The largest absolute Gasteiger partial charge is 0.483 e. The van der Waals surface area contributed by atoms with E-state index in [4.69, 9.17) is 15.6 Å². The number of nitrogens with two attached hydrogens (primary N) is 1. The van der Waals surface area contributed by atoms with Gasteiger partial charge in [0.2, 0.25) is 11.0 Å². The molecule has 1 aromatic carbocycles. The number of nitrogens with one attached hydrogen (secondary N) is 2. The molecule has 1 aliphatic carbocycles. The predicted molar refractivity (Wildman–Crippen MR) is 121 cm³/mol. The average molecular weight is 477 g/mol. The summed E-state index contributed by atoms with van der Waals surface area (Å²) < 4.78 is 15.2. The smallest absolute Gasteiger partial charge is 0.290 e. The number of nitrogen functional groups attached to an aromatic ring is 1. The van der Waals surface area contributed by atoms with Crippen molar-refractivity contribution in [2.45, 2.75) is 38.3 Å². The SMILES string of the molecule is Cn1c(C(=O)NC2CCC(C(=O)NCc3nnc(N)s3)CC2)cc2cc(F)ccc21.O=CO. The Hall–Kier alpha value is -3.54. The highest BCUT2D eigenvalue weighted by molar-refractivity contribution is 7.15. The topological polar surface area (TPSA) is 152 Å². The second kappa shape index (κ2) is 10.9. The number of rotatable bonds is 5. The molecule has 0 bridgehead atoms. The fraction of sp³-hybridized carbons (Fsp3) is 0.381. The second-order valence-electron chi connectivity index (χ2n) is 7.67. The van der Waals surface area contributed by atoms with Crippen molar-refractivity contribution in [2.75, 3.05) is 5.73 Å². The van der Waals surface area contributed by atoms with Crippen LogP contribution in [0.3, 0.4) is 0 Å². The van der Waals surface area contributed by atoms with Gasteiger partial charge in [-0.1, -0.05) is 11.3 Å². The first-order valence-corrected chi connectivity index (χ1v) is 11.1. The van der Waals surface area contributed by atoms with Crippen LogP contribution in [0.4, 0.5) is 9.52 Å². The van der Waals surface area contributed by atoms with Crippen LogP contribution < -0.4 is 16.4 Å². The van der Waals surface area contributed by atoms with Gasteiger partial charge in [0.05, 0.1) is 6.54 Å². The molecule has 1 fully saturated rings. The number of anilines is 1. The van der Waals surface area contributed by atoms with Gasteiger partial charge in [0, 0.05) is 29.9 Å². The van der Waals surface area contributed by atoms with Crippen molar-refractivity contribution in [2.24, 2.45) is 13.0 Å². The molecule has 0 aliphatic heterocycles. The first kappa shape index (κ1) is 24.1. The Morgan fingerprint density at radius 2 is 1.97 bits per heavy atom. The standard InChI is InChI=1S/C20H23FN6O2S.CH2O2/c1-27-15-7-4-13(21)8-12(15)9-16(27)19(29)24-14-5-2-11(3-6-14)18(28)23-10-17-25-26-20(22)30-17;2-1-3/h4,7-9,11,14H,2-3,5-6,10H2,1H3,(H2,22,26)(H,23,28)(H,24,29);1H,(H,2,3). The molecule has 0 atom stereocenters. The predicted octanol–water partition coefficient (Wildman–Crippen LogP) is 2.06. The van der Waals surface area contributed by atoms with Crippen molar-refractivity contribution in [1.82, 2.24) is 25.4 Å². The van der Waals surface area contributed by atoms with Crippen LogP contribution in [0.15, 0.2) is 24.3 Å². The van der Waals surface area contributed by atoms with Gasteiger partial charge in [-0.2, -0.15) is 0 Å². The van der Waals surface area contributed by atoms with E-state index in [-0.39, 0.29) is 36.1 Å². The van der Waals surface area contributed by atoms with Gasteiger partial charge in [-0.15, -0.1) is 10.2 Å². The normalized spacial score (nSPS) is 17.6. The summed E-state index contributed by atoms with van der Waals surface area (Å²) in [7, 11) is 1.79. The summed E-state index contributed by atoms with van der Waals surface area (Å²) in [5, 5.41) is 22.2. The van der Waals surface area contributed by atoms with Crippen LogP contribution in [-0.4, -0.2) is 44.2 Å². The number of amides is 2. The summed E-state index contributed by atoms with van der Waals surface area (Å²) in [6.07, 6.45) is 2.87. The van der Waals surface area contributed by atoms with Crippen LogP contribution >= 0.6 is 11.3 Å². The van der Waals surface area contributed by atoms with Crippen molar-refractivity contribution < 1.29 is 23.9 Å². The third-order valence-electron chi connectivity index (χ3n) is 5.57. The summed E-state index contributed by atoms with van der Waals surface area (Å²) in [6.45, 7) is 0.0754. The van der Waals surface area contributed by atoms with Gasteiger partial charge in [-0.25, -0.2) is 4.39 Å². The second-order valence-corrected chi connectivity index (χ2v) is 8.76. The number of aromatic nitrogens is 3. The number of benzene rings is 1. The summed E-state index contributed by atoms with van der Waals surface area (Å²) in [6, 6.07) is 6.19. The highest BCUT2D eigenvalue weighted by atomic mass is 32.1. The van der Waals surface area contributed by atoms with E-state index >= 15 is 0 Å². The number of hydrogen-bond donors (Lipinski definition) is 4. The van der Waals surface area contributed by atoms with E-state index < -0.39 is 0 Å². The van der Waals surface area contributed by atoms with Crippen molar-refractivity contribution >= 4 is 45.7 Å². The molecule has 5 N–H and O–H groups in total. The molecule has 1 saturated carbocycles. The lowest BCUT2D eigenvalue weighted by molar-refractivity contribution is -0.126. The zero-order valence-electron chi connectivity index (χ0n) is 18.0. The van der Waals surface area contributed by atoms with E-state index in [2.05, 4.69) is 20.8 Å². The lowest BCUT2D eigenvalue weighted by Crippen LogP contribution is -2.41. The molecule has 33 heavy (non-hydrogen) atoms. The number of aryl methyl sites for hydroxylation is 1. The minimum absolute atomic E-state index is 0.00995. The molecule has 0 spiro atoms. The molecule has 4 rings (SSSR count). The summed E-state index contributed by atoms with van der Waals surface area (Å²) in [5.74, 6) is -0.601. The van der Waals surface area contributed by atoms with Gasteiger partial charge in [0.25, 0.3) is 12.4 Å². The first-order valence-electron chi connectivity index (χ1n) is 10.3. The molecule has 10 nitrogen and oxygen atoms in total. The third kappa shape index (κ3) is 6.04. The maximum Gasteiger partial charge on any atom is 0.290 e. The quantitative estimate of drug-likeness (QED) is 0.411. The van der Waals surface area contributed by atoms with Gasteiger partial charge < -0.3 is 26.0 Å². The maximum atomic E-state index is 13.5. The zero-order valence-corrected chi connectivity index (χ0v) is 18.8. The molecule has 0 unspecified atom stereocenters. The minimum atomic E-state index is -0.328. The molecule has 0 radical (unpaired) electrons. The molecule has 12 heteroatoms. The zero-order chi connectivity index (χ0) is 24.0. The van der Waals surface area contributed by atoms with Crippen molar-refractivity contribution in [3.8, 4) is 0 Å². The van der Waals surface area contributed by atoms with E-state index in [0.29, 0.717) is 40.6 Å². The van der Waals surface area contributed by atoms with Crippen LogP contribution in [0.25, 0.3) is 10.9 Å². The third-order valence-corrected chi connectivity index (χ3v) is 6.32. The molecule has 1 aliphatic rings. The molecule has 0 saturated heterocycles. The fourth-order valence-corrected chi connectivity index (χ4v) is 4.49. The molecular formula is C21H25FN6O4S. The number of carbonyl (C=O) groups is 3. The lowest BCUT2D eigenvalue weighted by atomic mass is 9.85. The maximum absolute atomic E-state index is 13.5. The molecule has 3 aromatic rings. The molecular weight excluding hydrogens is 451 g/mol. The number of hydrogen-bond acceptors (Lipinski definition) is 7. The highest BCUT2D eigenvalue weighted by Crippen LogP contribution is 2.26. The minimum Gasteiger partial charge on any atom is -0.483 e. The average Bonchev–Trinajstić information content (AvgIpc) is 3.35. The summed E-state index contributed by atoms with van der Waals surface area (Å²) >= 11 is 1.26. The molecule has 176 valence electrons.